The first kappa shape index (κ1) is 39.8. The zero-order valence-electron chi connectivity index (χ0n) is 31.3. The van der Waals surface area contributed by atoms with Crippen molar-refractivity contribution in [3.05, 3.63) is 77.6 Å². The molecule has 284 valence electrons. The quantitative estimate of drug-likeness (QED) is 0.0974. The predicted octanol–water partition coefficient (Wildman–Crippen LogP) is 14.5. The Morgan fingerprint density at radius 1 is 0.686 bits per heavy atom. The zero-order chi connectivity index (χ0) is 36.4. The molecule has 0 spiro atoms. The normalized spacial score (nSPS) is 30.2. The lowest BCUT2D eigenvalue weighted by atomic mass is 9.68. The second kappa shape index (κ2) is 19.1. The number of ether oxygens (including phenoxy) is 1. The van der Waals surface area contributed by atoms with Crippen LogP contribution in [0.25, 0.3) is 0 Å². The SMILES string of the molecule is C=CC1CCC(C2CCC(c3ccc(C)cc3)CC2)CC1.CCCCCC1CCC(C2CCC(C(F)(F)Oc3cc(F)c(F)c(F)c3)CC2)CC1. The minimum Gasteiger partial charge on any atom is -0.432 e. The number of hydrogen-bond donors (Lipinski definition) is 0. The van der Waals surface area contributed by atoms with Crippen molar-refractivity contribution in [2.24, 2.45) is 41.4 Å². The average Bonchev–Trinajstić information content (AvgIpc) is 3.15. The van der Waals surface area contributed by atoms with Crippen LogP contribution in [0, 0.1) is 65.8 Å². The van der Waals surface area contributed by atoms with Gasteiger partial charge in [0, 0.05) is 12.1 Å². The van der Waals surface area contributed by atoms with E-state index in [1.807, 2.05) is 0 Å². The third kappa shape index (κ3) is 11.3. The van der Waals surface area contributed by atoms with E-state index in [0.717, 1.165) is 42.4 Å². The maximum atomic E-state index is 14.6. The fraction of sp³-hybridized carbons (Fsp3) is 0.689. The second-order valence-corrected chi connectivity index (χ2v) is 16.7. The highest BCUT2D eigenvalue weighted by Crippen LogP contribution is 2.47. The molecule has 0 aliphatic heterocycles. The standard InChI is InChI=1S/C24H33F5O.C21H30/c1-2-3-4-5-16-6-8-17(9-7-16)18-10-12-19(13-11-18)24(28,29)30-20-14-21(25)23(27)22(26)15-20;1-3-17-6-10-19(11-7-17)21-14-12-20(13-15-21)18-8-4-16(2)5-9-18/h14-19H,2-13H2,1H3;3-5,8-9,17,19-21H,1,6-7,10-15H2,2H3. The summed E-state index contributed by atoms with van der Waals surface area (Å²) in [6.07, 6.45) is 22.3. The first-order valence-electron chi connectivity index (χ1n) is 20.5. The van der Waals surface area contributed by atoms with E-state index in [2.05, 4.69) is 55.5 Å². The molecule has 0 N–H and O–H groups in total. The monoisotopic (exact) mass is 714 g/mol. The van der Waals surface area contributed by atoms with Crippen LogP contribution in [0.3, 0.4) is 0 Å². The molecule has 51 heavy (non-hydrogen) atoms. The Morgan fingerprint density at radius 3 is 1.69 bits per heavy atom. The summed E-state index contributed by atoms with van der Waals surface area (Å²) in [5.41, 5.74) is 2.96. The van der Waals surface area contributed by atoms with E-state index < -0.39 is 35.2 Å². The van der Waals surface area contributed by atoms with Gasteiger partial charge in [0.2, 0.25) is 0 Å². The van der Waals surface area contributed by atoms with Crippen molar-refractivity contribution in [2.75, 3.05) is 0 Å². The maximum Gasteiger partial charge on any atom is 0.400 e. The fourth-order valence-electron chi connectivity index (χ4n) is 10.0. The van der Waals surface area contributed by atoms with Crippen LogP contribution in [0.5, 0.6) is 5.75 Å². The van der Waals surface area contributed by atoms with Gasteiger partial charge in [0.25, 0.3) is 0 Å². The minimum absolute atomic E-state index is 0.334. The lowest BCUT2D eigenvalue weighted by molar-refractivity contribution is -0.224. The molecule has 0 unspecified atom stereocenters. The van der Waals surface area contributed by atoms with Gasteiger partial charge in [-0.15, -0.1) is 6.58 Å². The van der Waals surface area contributed by atoms with Gasteiger partial charge in [-0.3, -0.25) is 0 Å². The predicted molar refractivity (Wildman–Crippen MR) is 198 cm³/mol. The number of unbranched alkanes of at least 4 members (excludes halogenated alkanes) is 2. The van der Waals surface area contributed by atoms with E-state index >= 15 is 0 Å². The van der Waals surface area contributed by atoms with Gasteiger partial charge in [0.1, 0.15) is 5.75 Å². The van der Waals surface area contributed by atoms with Crippen molar-refractivity contribution in [1.29, 1.82) is 0 Å². The largest absolute Gasteiger partial charge is 0.432 e. The number of rotatable bonds is 11. The first-order valence-corrected chi connectivity index (χ1v) is 20.5. The summed E-state index contributed by atoms with van der Waals surface area (Å²) >= 11 is 0. The first-order chi connectivity index (χ1) is 24.6. The molecule has 0 atom stereocenters. The smallest absolute Gasteiger partial charge is 0.400 e. The van der Waals surface area contributed by atoms with Crippen LogP contribution in [0.2, 0.25) is 0 Å². The average molecular weight is 715 g/mol. The summed E-state index contributed by atoms with van der Waals surface area (Å²) in [5, 5.41) is 0. The van der Waals surface area contributed by atoms with Gasteiger partial charge in [0.15, 0.2) is 17.5 Å². The lowest BCUT2D eigenvalue weighted by Gasteiger charge is -2.39. The molecule has 6 heteroatoms. The summed E-state index contributed by atoms with van der Waals surface area (Å²) in [6, 6.07) is 10.2. The van der Waals surface area contributed by atoms with Crippen molar-refractivity contribution in [2.45, 2.75) is 154 Å². The minimum atomic E-state index is -3.53. The molecule has 4 saturated carbocycles. The summed E-state index contributed by atoms with van der Waals surface area (Å²) in [4.78, 5) is 0. The van der Waals surface area contributed by atoms with Crippen LogP contribution in [-0.4, -0.2) is 6.11 Å². The van der Waals surface area contributed by atoms with Crippen molar-refractivity contribution >= 4 is 0 Å². The van der Waals surface area contributed by atoms with Crippen LogP contribution in [-0.2, 0) is 0 Å². The van der Waals surface area contributed by atoms with E-state index in [-0.39, 0.29) is 0 Å². The van der Waals surface area contributed by atoms with Gasteiger partial charge < -0.3 is 4.74 Å². The summed E-state index contributed by atoms with van der Waals surface area (Å²) in [7, 11) is 0. The van der Waals surface area contributed by atoms with E-state index in [0.29, 0.717) is 36.8 Å². The van der Waals surface area contributed by atoms with Crippen LogP contribution < -0.4 is 4.74 Å². The number of hydrogen-bond acceptors (Lipinski definition) is 1. The Bertz CT molecular complexity index is 1300. The fourth-order valence-corrected chi connectivity index (χ4v) is 10.0. The van der Waals surface area contributed by atoms with E-state index in [9.17, 15) is 22.0 Å². The molecule has 4 aliphatic rings. The van der Waals surface area contributed by atoms with Gasteiger partial charge >= 0.3 is 6.11 Å². The molecular weight excluding hydrogens is 651 g/mol. The topological polar surface area (TPSA) is 9.23 Å². The molecule has 0 saturated heterocycles. The number of aryl methyl sites for hydroxylation is 1. The third-order valence-electron chi connectivity index (χ3n) is 13.4. The van der Waals surface area contributed by atoms with Crippen LogP contribution in [0.4, 0.5) is 22.0 Å². The third-order valence-corrected chi connectivity index (χ3v) is 13.4. The van der Waals surface area contributed by atoms with Crippen LogP contribution in [0.1, 0.15) is 152 Å². The van der Waals surface area contributed by atoms with Gasteiger partial charge in [-0.05, 0) is 144 Å². The molecule has 2 aromatic carbocycles. The number of alkyl halides is 2. The highest BCUT2D eigenvalue weighted by atomic mass is 19.3. The van der Waals surface area contributed by atoms with Gasteiger partial charge in [-0.1, -0.05) is 81.4 Å². The number of halogens is 5. The number of benzene rings is 2. The molecule has 0 aromatic heterocycles. The van der Waals surface area contributed by atoms with E-state index in [1.54, 1.807) is 5.56 Å². The Morgan fingerprint density at radius 2 is 1.18 bits per heavy atom. The Labute approximate surface area is 305 Å². The highest BCUT2D eigenvalue weighted by Gasteiger charge is 2.45. The Kier molecular flexibility index (Phi) is 14.9. The Hall–Kier alpha value is -2.37. The Balaban J connectivity index is 0.000000210. The van der Waals surface area contributed by atoms with Gasteiger partial charge in [0.05, 0.1) is 5.92 Å². The molecule has 0 heterocycles. The zero-order valence-corrected chi connectivity index (χ0v) is 31.3. The van der Waals surface area contributed by atoms with Crippen molar-refractivity contribution in [3.63, 3.8) is 0 Å². The molecule has 4 fully saturated rings. The highest BCUT2D eigenvalue weighted by molar-refractivity contribution is 5.26. The molecular formula is C45H63F5O. The summed E-state index contributed by atoms with van der Waals surface area (Å²) < 4.78 is 73.4. The molecule has 0 radical (unpaired) electrons. The molecule has 0 amide bonds. The lowest BCUT2D eigenvalue weighted by Crippen LogP contribution is -2.38. The van der Waals surface area contributed by atoms with E-state index in [4.69, 9.17) is 0 Å². The van der Waals surface area contributed by atoms with Gasteiger partial charge in [-0.2, -0.15) is 8.78 Å². The molecule has 1 nitrogen and oxygen atoms in total. The second-order valence-electron chi connectivity index (χ2n) is 16.7. The summed E-state index contributed by atoms with van der Waals surface area (Å²) in [6.45, 7) is 8.37. The molecule has 6 rings (SSSR count). The van der Waals surface area contributed by atoms with Gasteiger partial charge in [-0.25, -0.2) is 13.2 Å². The molecule has 4 aliphatic carbocycles. The van der Waals surface area contributed by atoms with Crippen LogP contribution in [0.15, 0.2) is 49.1 Å². The van der Waals surface area contributed by atoms with Crippen molar-refractivity contribution in [3.8, 4) is 5.75 Å². The molecule has 2 aromatic rings. The van der Waals surface area contributed by atoms with Crippen LogP contribution >= 0.6 is 0 Å². The van der Waals surface area contributed by atoms with E-state index in [1.165, 1.54) is 108 Å². The van der Waals surface area contributed by atoms with Crippen molar-refractivity contribution < 1.29 is 26.7 Å². The molecule has 0 bridgehead atoms. The summed E-state index contributed by atoms with van der Waals surface area (Å²) in [5.74, 6) is -0.823. The number of allylic oxidation sites excluding steroid dienone is 1. The maximum absolute atomic E-state index is 14.6. The van der Waals surface area contributed by atoms with Crippen molar-refractivity contribution in [1.82, 2.24) is 0 Å².